The number of hydrogen-bond acceptors (Lipinski definition) is 7. The first kappa shape index (κ1) is 16.1. The molecule has 1 aliphatic heterocycles. The van der Waals surface area contributed by atoms with Crippen molar-refractivity contribution in [2.45, 2.75) is 32.9 Å². The SMILES string of the molecule is Cc1ccsc1-c1nnc(NC(=O)CN2C[C@@H](C)OC[C@@H]2C)o1. The molecule has 7 nitrogen and oxygen atoms in total. The normalized spacial score (nSPS) is 22.2. The molecular formula is C15H20N4O3S. The van der Waals surface area contributed by atoms with Gasteiger partial charge in [-0.3, -0.25) is 15.0 Å². The van der Waals surface area contributed by atoms with Crippen LogP contribution in [-0.2, 0) is 9.53 Å². The number of nitrogens with zero attached hydrogens (tertiary/aromatic N) is 3. The zero-order valence-electron chi connectivity index (χ0n) is 13.4. The first-order chi connectivity index (χ1) is 11.0. The molecular weight excluding hydrogens is 316 g/mol. The minimum absolute atomic E-state index is 0.131. The molecule has 3 rings (SSSR count). The molecule has 0 aliphatic carbocycles. The molecule has 124 valence electrons. The first-order valence-electron chi connectivity index (χ1n) is 7.56. The topological polar surface area (TPSA) is 80.5 Å². The van der Waals surface area contributed by atoms with Crippen molar-refractivity contribution >= 4 is 23.3 Å². The molecule has 0 saturated carbocycles. The second kappa shape index (κ2) is 6.77. The molecule has 0 radical (unpaired) electrons. The lowest BCUT2D eigenvalue weighted by atomic mass is 10.2. The Bertz CT molecular complexity index is 684. The summed E-state index contributed by atoms with van der Waals surface area (Å²) in [6.45, 7) is 7.68. The fourth-order valence-corrected chi connectivity index (χ4v) is 3.34. The van der Waals surface area contributed by atoms with Crippen molar-refractivity contribution in [3.05, 3.63) is 17.0 Å². The molecule has 1 N–H and O–H groups in total. The number of aryl methyl sites for hydroxylation is 1. The van der Waals surface area contributed by atoms with E-state index in [2.05, 4.69) is 20.4 Å². The molecule has 0 bridgehead atoms. The third kappa shape index (κ3) is 3.77. The molecule has 0 spiro atoms. The van der Waals surface area contributed by atoms with Crippen LogP contribution in [-0.4, -0.2) is 52.8 Å². The van der Waals surface area contributed by atoms with Crippen LogP contribution in [0.15, 0.2) is 15.9 Å². The number of nitrogens with one attached hydrogen (secondary N) is 1. The predicted molar refractivity (Wildman–Crippen MR) is 87.4 cm³/mol. The van der Waals surface area contributed by atoms with Crippen LogP contribution >= 0.6 is 11.3 Å². The maximum Gasteiger partial charge on any atom is 0.322 e. The highest BCUT2D eigenvalue weighted by Gasteiger charge is 2.25. The van der Waals surface area contributed by atoms with E-state index in [-0.39, 0.29) is 30.6 Å². The van der Waals surface area contributed by atoms with Crippen molar-refractivity contribution in [2.24, 2.45) is 0 Å². The Kier molecular flexibility index (Phi) is 4.74. The Morgan fingerprint density at radius 1 is 1.48 bits per heavy atom. The fourth-order valence-electron chi connectivity index (χ4n) is 2.49. The molecule has 1 amide bonds. The second-order valence-electron chi connectivity index (χ2n) is 5.82. The molecule has 8 heteroatoms. The summed E-state index contributed by atoms with van der Waals surface area (Å²) >= 11 is 1.53. The van der Waals surface area contributed by atoms with E-state index in [0.29, 0.717) is 12.5 Å². The molecule has 2 aromatic rings. The number of morpholine rings is 1. The number of hydrogen-bond donors (Lipinski definition) is 1. The lowest BCUT2D eigenvalue weighted by Crippen LogP contribution is -2.50. The zero-order valence-corrected chi connectivity index (χ0v) is 14.2. The molecule has 3 heterocycles. The lowest BCUT2D eigenvalue weighted by Gasteiger charge is -2.36. The van der Waals surface area contributed by atoms with Gasteiger partial charge < -0.3 is 9.15 Å². The van der Waals surface area contributed by atoms with Gasteiger partial charge in [0.2, 0.25) is 5.91 Å². The van der Waals surface area contributed by atoms with Gasteiger partial charge in [0, 0.05) is 12.6 Å². The van der Waals surface area contributed by atoms with Crippen LogP contribution in [0.25, 0.3) is 10.8 Å². The van der Waals surface area contributed by atoms with Gasteiger partial charge in [0.25, 0.3) is 5.89 Å². The number of amides is 1. The molecule has 1 fully saturated rings. The third-order valence-electron chi connectivity index (χ3n) is 3.81. The summed E-state index contributed by atoms with van der Waals surface area (Å²) < 4.78 is 11.1. The van der Waals surface area contributed by atoms with E-state index in [9.17, 15) is 4.79 Å². The van der Waals surface area contributed by atoms with E-state index < -0.39 is 0 Å². The molecule has 1 aliphatic rings. The van der Waals surface area contributed by atoms with E-state index in [0.717, 1.165) is 17.0 Å². The van der Waals surface area contributed by atoms with E-state index in [4.69, 9.17) is 9.15 Å². The minimum atomic E-state index is -0.163. The molecule has 23 heavy (non-hydrogen) atoms. The van der Waals surface area contributed by atoms with Crippen LogP contribution in [0.4, 0.5) is 6.01 Å². The van der Waals surface area contributed by atoms with Gasteiger partial charge in [-0.2, -0.15) is 0 Å². The smallest absolute Gasteiger partial charge is 0.322 e. The Morgan fingerprint density at radius 3 is 3.04 bits per heavy atom. The monoisotopic (exact) mass is 336 g/mol. The van der Waals surface area contributed by atoms with Crippen LogP contribution in [0, 0.1) is 6.92 Å². The minimum Gasteiger partial charge on any atom is -0.402 e. The van der Waals surface area contributed by atoms with E-state index >= 15 is 0 Å². The van der Waals surface area contributed by atoms with Gasteiger partial charge >= 0.3 is 6.01 Å². The third-order valence-corrected chi connectivity index (χ3v) is 4.82. The maximum absolute atomic E-state index is 12.2. The van der Waals surface area contributed by atoms with Gasteiger partial charge in [0.05, 0.1) is 24.1 Å². The quantitative estimate of drug-likeness (QED) is 0.921. The van der Waals surface area contributed by atoms with Crippen molar-refractivity contribution in [1.29, 1.82) is 0 Å². The Morgan fingerprint density at radius 2 is 2.30 bits per heavy atom. The van der Waals surface area contributed by atoms with Crippen molar-refractivity contribution in [2.75, 3.05) is 25.0 Å². The molecule has 1 saturated heterocycles. The summed E-state index contributed by atoms with van der Waals surface area (Å²) in [6.07, 6.45) is 0.135. The fraction of sp³-hybridized carbons (Fsp3) is 0.533. The number of rotatable bonds is 4. The van der Waals surface area contributed by atoms with Crippen LogP contribution < -0.4 is 5.32 Å². The summed E-state index contributed by atoms with van der Waals surface area (Å²) in [7, 11) is 0. The second-order valence-corrected chi connectivity index (χ2v) is 6.73. The van der Waals surface area contributed by atoms with Gasteiger partial charge in [-0.15, -0.1) is 16.4 Å². The van der Waals surface area contributed by atoms with E-state index in [1.54, 1.807) is 0 Å². The number of thiophene rings is 1. The number of ether oxygens (including phenoxy) is 1. The number of carbonyl (C=O) groups excluding carboxylic acids is 1. The summed E-state index contributed by atoms with van der Waals surface area (Å²) in [4.78, 5) is 15.2. The number of aromatic nitrogens is 2. The highest BCUT2D eigenvalue weighted by Crippen LogP contribution is 2.28. The van der Waals surface area contributed by atoms with Crippen molar-refractivity contribution in [3.8, 4) is 10.8 Å². The Balaban J connectivity index is 1.60. The predicted octanol–water partition coefficient (Wildman–Crippen LogP) is 2.15. The summed E-state index contributed by atoms with van der Waals surface area (Å²) in [5, 5.41) is 12.5. The summed E-state index contributed by atoms with van der Waals surface area (Å²) in [5.74, 6) is 0.269. The molecule has 0 unspecified atom stereocenters. The van der Waals surface area contributed by atoms with Gasteiger partial charge in [0.1, 0.15) is 0 Å². The van der Waals surface area contributed by atoms with Gasteiger partial charge in [-0.05, 0) is 37.8 Å². The van der Waals surface area contributed by atoms with Crippen molar-refractivity contribution in [1.82, 2.24) is 15.1 Å². The summed E-state index contributed by atoms with van der Waals surface area (Å²) in [6, 6.07) is 2.33. The Labute approximate surface area is 138 Å². The highest BCUT2D eigenvalue weighted by atomic mass is 32.1. The highest BCUT2D eigenvalue weighted by molar-refractivity contribution is 7.13. The molecule has 2 atom stereocenters. The van der Waals surface area contributed by atoms with Crippen LogP contribution in [0.3, 0.4) is 0 Å². The molecule has 0 aromatic carbocycles. The Hall–Kier alpha value is -1.77. The average Bonchev–Trinajstić information content (AvgIpc) is 3.11. The van der Waals surface area contributed by atoms with Crippen molar-refractivity contribution < 1.29 is 13.9 Å². The molecule has 2 aromatic heterocycles. The number of anilines is 1. The van der Waals surface area contributed by atoms with Crippen LogP contribution in [0.2, 0.25) is 0 Å². The number of carbonyl (C=O) groups is 1. The maximum atomic E-state index is 12.2. The van der Waals surface area contributed by atoms with Crippen molar-refractivity contribution in [3.63, 3.8) is 0 Å². The van der Waals surface area contributed by atoms with Crippen LogP contribution in [0.1, 0.15) is 19.4 Å². The largest absolute Gasteiger partial charge is 0.402 e. The van der Waals surface area contributed by atoms with Gasteiger partial charge in [-0.1, -0.05) is 5.10 Å². The first-order valence-corrected chi connectivity index (χ1v) is 8.44. The average molecular weight is 336 g/mol. The van der Waals surface area contributed by atoms with E-state index in [1.807, 2.05) is 32.2 Å². The van der Waals surface area contributed by atoms with Gasteiger partial charge in [0.15, 0.2) is 0 Å². The lowest BCUT2D eigenvalue weighted by molar-refractivity contribution is -0.121. The van der Waals surface area contributed by atoms with Gasteiger partial charge in [-0.25, -0.2) is 0 Å². The summed E-state index contributed by atoms with van der Waals surface area (Å²) in [5.41, 5.74) is 1.08. The van der Waals surface area contributed by atoms with E-state index in [1.165, 1.54) is 11.3 Å². The van der Waals surface area contributed by atoms with Crippen LogP contribution in [0.5, 0.6) is 0 Å². The zero-order chi connectivity index (χ0) is 16.4. The standard InChI is InChI=1S/C15H20N4O3S/c1-9-4-5-23-13(9)14-17-18-15(22-14)16-12(20)7-19-6-11(3)21-8-10(19)2/h4-5,10-11H,6-8H2,1-3H3,(H,16,18,20)/t10-,11+/m0/s1.